The molecule has 122 valence electrons. The molecule has 1 fully saturated rings. The first-order valence-corrected chi connectivity index (χ1v) is 8.57. The van der Waals surface area contributed by atoms with Crippen LogP contribution in [0.15, 0.2) is 36.5 Å². The van der Waals surface area contributed by atoms with Gasteiger partial charge in [-0.3, -0.25) is 4.90 Å². The number of hydrogen-bond donors (Lipinski definition) is 1. The Morgan fingerprint density at radius 2 is 2.12 bits per heavy atom. The van der Waals surface area contributed by atoms with Crippen molar-refractivity contribution in [2.75, 3.05) is 0 Å². The van der Waals surface area contributed by atoms with Crippen molar-refractivity contribution in [1.29, 1.82) is 0 Å². The molecule has 0 radical (unpaired) electrons. The lowest BCUT2D eigenvalue weighted by Gasteiger charge is -2.36. The second kappa shape index (κ2) is 5.05. The highest BCUT2D eigenvalue weighted by atomic mass is 16.3. The third-order valence-electron chi connectivity index (χ3n) is 5.51. The summed E-state index contributed by atoms with van der Waals surface area (Å²) in [6, 6.07) is 10.6. The van der Waals surface area contributed by atoms with E-state index in [4.69, 9.17) is 0 Å². The molecule has 0 amide bonds. The Morgan fingerprint density at radius 3 is 3.00 bits per heavy atom. The van der Waals surface area contributed by atoms with E-state index in [0.717, 1.165) is 36.3 Å². The first-order chi connectivity index (χ1) is 11.7. The van der Waals surface area contributed by atoms with E-state index in [1.165, 1.54) is 17.7 Å². The van der Waals surface area contributed by atoms with Crippen LogP contribution in [0, 0.1) is 6.92 Å². The zero-order chi connectivity index (χ0) is 16.3. The number of fused-ring (bicyclic) bond motifs is 6. The second-order valence-corrected chi connectivity index (χ2v) is 6.97. The maximum atomic E-state index is 10.1. The summed E-state index contributed by atoms with van der Waals surface area (Å²) < 4.78 is 2.04. The first kappa shape index (κ1) is 14.0. The van der Waals surface area contributed by atoms with E-state index < -0.39 is 0 Å². The summed E-state index contributed by atoms with van der Waals surface area (Å²) in [5, 5.41) is 14.8. The van der Waals surface area contributed by atoms with Gasteiger partial charge in [0, 0.05) is 48.4 Å². The molecule has 5 rings (SSSR count). The van der Waals surface area contributed by atoms with Gasteiger partial charge in [-0.15, -0.1) is 0 Å². The maximum Gasteiger partial charge on any atom is 0.155 e. The molecule has 0 saturated carbocycles. The highest BCUT2D eigenvalue weighted by Gasteiger charge is 2.41. The molecule has 5 nitrogen and oxygen atoms in total. The average Bonchev–Trinajstić information content (AvgIpc) is 3.08. The van der Waals surface area contributed by atoms with E-state index in [1.54, 1.807) is 6.07 Å². The third-order valence-corrected chi connectivity index (χ3v) is 5.51. The minimum absolute atomic E-state index is 0.375. The first-order valence-electron chi connectivity index (χ1n) is 8.57. The molecule has 0 aliphatic carbocycles. The molecule has 1 saturated heterocycles. The van der Waals surface area contributed by atoms with Gasteiger partial charge in [-0.2, -0.15) is 5.10 Å². The van der Waals surface area contributed by atoms with Crippen molar-refractivity contribution in [3.63, 3.8) is 0 Å². The molecule has 1 N–H and O–H groups in total. The van der Waals surface area contributed by atoms with Crippen LogP contribution in [0.1, 0.15) is 41.4 Å². The van der Waals surface area contributed by atoms with Crippen LogP contribution in [-0.2, 0) is 13.0 Å². The summed E-state index contributed by atoms with van der Waals surface area (Å²) in [7, 11) is 0. The third kappa shape index (κ3) is 1.97. The largest absolute Gasteiger partial charge is 0.508 e. The SMILES string of the molecule is Cc1cc2ncc3c(n2n1)C[C@@H]1CC[C@@H]3N1Cc1ccccc1O. The fraction of sp³-hybridized carbons (Fsp3) is 0.368. The van der Waals surface area contributed by atoms with Crippen LogP contribution in [0.4, 0.5) is 0 Å². The van der Waals surface area contributed by atoms with Crippen LogP contribution in [0.3, 0.4) is 0 Å². The molecule has 5 heteroatoms. The van der Waals surface area contributed by atoms with Crippen molar-refractivity contribution in [2.24, 2.45) is 0 Å². The van der Waals surface area contributed by atoms with Crippen LogP contribution >= 0.6 is 0 Å². The molecule has 2 aromatic heterocycles. The van der Waals surface area contributed by atoms with Gasteiger partial charge < -0.3 is 5.11 Å². The highest BCUT2D eigenvalue weighted by Crippen LogP contribution is 2.44. The Labute approximate surface area is 140 Å². The van der Waals surface area contributed by atoms with Gasteiger partial charge in [0.1, 0.15) is 5.75 Å². The number of aryl methyl sites for hydroxylation is 1. The summed E-state index contributed by atoms with van der Waals surface area (Å²) >= 11 is 0. The minimum Gasteiger partial charge on any atom is -0.508 e. The minimum atomic E-state index is 0.375. The Morgan fingerprint density at radius 1 is 1.25 bits per heavy atom. The molecule has 4 heterocycles. The van der Waals surface area contributed by atoms with Crippen molar-refractivity contribution >= 4 is 5.65 Å². The van der Waals surface area contributed by atoms with Gasteiger partial charge in [0.15, 0.2) is 5.65 Å². The number of phenols is 1. The predicted molar refractivity (Wildman–Crippen MR) is 90.8 cm³/mol. The lowest BCUT2D eigenvalue weighted by molar-refractivity contribution is 0.163. The Bertz CT molecular complexity index is 932. The Balaban J connectivity index is 1.56. The van der Waals surface area contributed by atoms with Gasteiger partial charge in [-0.05, 0) is 25.8 Å². The second-order valence-electron chi connectivity index (χ2n) is 6.97. The fourth-order valence-electron chi connectivity index (χ4n) is 4.39. The molecular formula is C19H20N4O. The van der Waals surface area contributed by atoms with Gasteiger partial charge in [0.2, 0.25) is 0 Å². The van der Waals surface area contributed by atoms with Crippen molar-refractivity contribution in [2.45, 2.75) is 44.8 Å². The van der Waals surface area contributed by atoms with E-state index in [9.17, 15) is 5.11 Å². The van der Waals surface area contributed by atoms with E-state index in [0.29, 0.717) is 17.8 Å². The number of aromatic nitrogens is 3. The molecule has 2 aliphatic rings. The quantitative estimate of drug-likeness (QED) is 0.788. The fourth-order valence-corrected chi connectivity index (χ4v) is 4.39. The van der Waals surface area contributed by atoms with E-state index in [1.807, 2.05) is 41.9 Å². The van der Waals surface area contributed by atoms with Crippen molar-refractivity contribution in [3.05, 3.63) is 59.0 Å². The monoisotopic (exact) mass is 320 g/mol. The van der Waals surface area contributed by atoms with Crippen LogP contribution in [-0.4, -0.2) is 30.6 Å². The molecular weight excluding hydrogens is 300 g/mol. The zero-order valence-electron chi connectivity index (χ0n) is 13.7. The number of rotatable bonds is 2. The van der Waals surface area contributed by atoms with Crippen molar-refractivity contribution in [3.8, 4) is 5.75 Å². The summed E-state index contributed by atoms with van der Waals surface area (Å²) in [4.78, 5) is 7.14. The predicted octanol–water partition coefficient (Wildman–Crippen LogP) is 3.01. The van der Waals surface area contributed by atoms with Gasteiger partial charge in [-0.1, -0.05) is 18.2 Å². The standard InChI is InChI=1S/C19H20N4O/c1-12-8-19-20-10-15-16-7-6-14(9-17(15)23(19)21-12)22(16)11-13-4-2-3-5-18(13)24/h2-5,8,10,14,16,24H,6-7,9,11H2,1H3/t14-,16-/m0/s1. The number of para-hydroxylation sites is 1. The normalized spacial score (nSPS) is 22.9. The van der Waals surface area contributed by atoms with Crippen LogP contribution in [0.5, 0.6) is 5.75 Å². The summed E-state index contributed by atoms with van der Waals surface area (Å²) in [6.07, 6.45) is 5.38. The van der Waals surface area contributed by atoms with Gasteiger partial charge in [0.05, 0.1) is 11.4 Å². The van der Waals surface area contributed by atoms with Crippen molar-refractivity contribution in [1.82, 2.24) is 19.5 Å². The van der Waals surface area contributed by atoms with Gasteiger partial charge >= 0.3 is 0 Å². The van der Waals surface area contributed by atoms with Crippen molar-refractivity contribution < 1.29 is 5.11 Å². The summed E-state index contributed by atoms with van der Waals surface area (Å²) in [5.41, 5.74) is 5.57. The number of hydrogen-bond acceptors (Lipinski definition) is 4. The molecule has 2 aliphatic heterocycles. The molecule has 24 heavy (non-hydrogen) atoms. The topological polar surface area (TPSA) is 53.7 Å². The Kier molecular flexibility index (Phi) is 2.94. The number of nitrogens with zero attached hydrogens (tertiary/aromatic N) is 4. The summed E-state index contributed by atoms with van der Waals surface area (Å²) in [5.74, 6) is 0.388. The van der Waals surface area contributed by atoms with Crippen LogP contribution < -0.4 is 0 Å². The van der Waals surface area contributed by atoms with Gasteiger partial charge in [-0.25, -0.2) is 9.50 Å². The maximum absolute atomic E-state index is 10.1. The smallest absolute Gasteiger partial charge is 0.155 e. The zero-order valence-corrected chi connectivity index (χ0v) is 13.7. The van der Waals surface area contributed by atoms with E-state index in [-0.39, 0.29) is 0 Å². The summed E-state index contributed by atoms with van der Waals surface area (Å²) in [6.45, 7) is 2.81. The number of benzene rings is 1. The van der Waals surface area contributed by atoms with E-state index in [2.05, 4.69) is 15.0 Å². The lowest BCUT2D eigenvalue weighted by atomic mass is 9.98. The number of phenolic OH excluding ortho intramolecular Hbond substituents is 1. The average molecular weight is 320 g/mol. The number of aromatic hydroxyl groups is 1. The lowest BCUT2D eigenvalue weighted by Crippen LogP contribution is -2.38. The molecule has 1 aromatic carbocycles. The molecule has 0 unspecified atom stereocenters. The molecule has 2 atom stereocenters. The van der Waals surface area contributed by atoms with E-state index >= 15 is 0 Å². The van der Waals surface area contributed by atoms with Crippen LogP contribution in [0.2, 0.25) is 0 Å². The van der Waals surface area contributed by atoms with Crippen LogP contribution in [0.25, 0.3) is 5.65 Å². The van der Waals surface area contributed by atoms with Gasteiger partial charge in [0.25, 0.3) is 0 Å². The highest BCUT2D eigenvalue weighted by molar-refractivity contribution is 5.44. The molecule has 0 spiro atoms. The Hall–Kier alpha value is -2.40. The molecule has 3 aromatic rings. The molecule has 2 bridgehead atoms.